The van der Waals surface area contributed by atoms with Crippen LogP contribution in [0.5, 0.6) is 0 Å². The van der Waals surface area contributed by atoms with Crippen molar-refractivity contribution in [1.82, 2.24) is 20.2 Å². The van der Waals surface area contributed by atoms with E-state index in [9.17, 15) is 4.79 Å². The first kappa shape index (κ1) is 12.8. The van der Waals surface area contributed by atoms with Gasteiger partial charge in [0.05, 0.1) is 5.75 Å². The summed E-state index contributed by atoms with van der Waals surface area (Å²) in [6.07, 6.45) is 0.919. The molecule has 1 heterocycles. The Balaban J connectivity index is 2.40. The predicted octanol–water partition coefficient (Wildman–Crippen LogP) is 0.307. The minimum atomic E-state index is -0.0139. The van der Waals surface area contributed by atoms with Gasteiger partial charge in [-0.05, 0) is 20.3 Å². The van der Waals surface area contributed by atoms with Gasteiger partial charge in [-0.25, -0.2) is 4.68 Å². The summed E-state index contributed by atoms with van der Waals surface area (Å²) >= 11 is 1.28. The molecule has 0 bridgehead atoms. The van der Waals surface area contributed by atoms with Gasteiger partial charge in [0.2, 0.25) is 11.1 Å². The molecule has 90 valence electrons. The first-order valence-corrected chi connectivity index (χ1v) is 6.12. The number of aromatic nitrogens is 3. The van der Waals surface area contributed by atoms with E-state index in [4.69, 9.17) is 5.84 Å². The minimum absolute atomic E-state index is 0.0139. The molecule has 0 aliphatic heterocycles. The van der Waals surface area contributed by atoms with Crippen molar-refractivity contribution in [2.24, 2.45) is 0 Å². The monoisotopic (exact) mass is 243 g/mol. The van der Waals surface area contributed by atoms with Crippen molar-refractivity contribution in [1.29, 1.82) is 0 Å². The summed E-state index contributed by atoms with van der Waals surface area (Å²) in [5.41, 5.74) is 0. The molecule has 0 radical (unpaired) electrons. The summed E-state index contributed by atoms with van der Waals surface area (Å²) in [5.74, 6) is 6.58. The first-order chi connectivity index (χ1) is 7.54. The number of nitrogens with one attached hydrogen (secondary N) is 1. The van der Waals surface area contributed by atoms with Gasteiger partial charge in [0.1, 0.15) is 5.82 Å². The quantitative estimate of drug-likeness (QED) is 0.574. The van der Waals surface area contributed by atoms with Crippen molar-refractivity contribution in [2.45, 2.75) is 38.4 Å². The van der Waals surface area contributed by atoms with Crippen molar-refractivity contribution >= 4 is 17.7 Å². The number of carbonyl (C=O) groups excluding carboxylic acids is 1. The Morgan fingerprint density at radius 1 is 1.62 bits per heavy atom. The zero-order chi connectivity index (χ0) is 12.1. The van der Waals surface area contributed by atoms with Crippen LogP contribution in [0.4, 0.5) is 0 Å². The Hall–Kier alpha value is -1.24. The molecule has 0 aliphatic carbocycles. The lowest BCUT2D eigenvalue weighted by molar-refractivity contribution is -0.119. The maximum Gasteiger partial charge on any atom is 0.230 e. The van der Waals surface area contributed by atoms with Gasteiger partial charge in [0, 0.05) is 6.04 Å². The fraction of sp³-hybridized carbons (Fsp3) is 0.667. The van der Waals surface area contributed by atoms with Crippen molar-refractivity contribution in [3.05, 3.63) is 5.82 Å². The molecule has 7 heteroatoms. The highest BCUT2D eigenvalue weighted by Gasteiger charge is 2.10. The molecule has 6 nitrogen and oxygen atoms in total. The smallest absolute Gasteiger partial charge is 0.230 e. The zero-order valence-corrected chi connectivity index (χ0v) is 10.5. The highest BCUT2D eigenvalue weighted by atomic mass is 32.2. The van der Waals surface area contributed by atoms with Crippen molar-refractivity contribution in [3.63, 3.8) is 0 Å². The van der Waals surface area contributed by atoms with Crippen molar-refractivity contribution < 1.29 is 4.79 Å². The number of hydrogen-bond acceptors (Lipinski definition) is 5. The number of nitrogens with zero attached hydrogens (tertiary/aromatic N) is 3. The third-order valence-corrected chi connectivity index (χ3v) is 3.13. The summed E-state index contributed by atoms with van der Waals surface area (Å²) < 4.78 is 1.38. The highest BCUT2D eigenvalue weighted by molar-refractivity contribution is 7.99. The highest BCUT2D eigenvalue weighted by Crippen LogP contribution is 2.13. The van der Waals surface area contributed by atoms with Gasteiger partial charge in [-0.1, -0.05) is 18.7 Å². The van der Waals surface area contributed by atoms with E-state index in [2.05, 4.69) is 15.5 Å². The molecular weight excluding hydrogens is 226 g/mol. The van der Waals surface area contributed by atoms with Gasteiger partial charge in [-0.15, -0.1) is 10.2 Å². The van der Waals surface area contributed by atoms with Gasteiger partial charge < -0.3 is 11.2 Å². The summed E-state index contributed by atoms with van der Waals surface area (Å²) in [4.78, 5) is 11.5. The lowest BCUT2D eigenvalue weighted by Crippen LogP contribution is -2.33. The molecule has 1 aromatic heterocycles. The largest absolute Gasteiger partial charge is 0.353 e. The van der Waals surface area contributed by atoms with Crippen LogP contribution >= 0.6 is 11.8 Å². The second kappa shape index (κ2) is 5.74. The molecule has 3 N–H and O–H groups in total. The van der Waals surface area contributed by atoms with E-state index >= 15 is 0 Å². The summed E-state index contributed by atoms with van der Waals surface area (Å²) in [7, 11) is 0. The number of carbonyl (C=O) groups is 1. The molecular formula is C9H17N5OS. The normalized spacial score (nSPS) is 12.4. The summed E-state index contributed by atoms with van der Waals surface area (Å²) in [5, 5.41) is 11.1. The number of aryl methyl sites for hydroxylation is 1. The number of rotatable bonds is 5. The van der Waals surface area contributed by atoms with Crippen LogP contribution in [0.25, 0.3) is 0 Å². The van der Waals surface area contributed by atoms with Gasteiger partial charge in [-0.3, -0.25) is 4.79 Å². The molecule has 0 aliphatic rings. The average Bonchev–Trinajstić information content (AvgIpc) is 2.57. The van der Waals surface area contributed by atoms with E-state index in [1.54, 1.807) is 6.92 Å². The Labute approximate surface area is 99.0 Å². The second-order valence-corrected chi connectivity index (χ2v) is 4.51. The van der Waals surface area contributed by atoms with Crippen LogP contribution in [0.3, 0.4) is 0 Å². The van der Waals surface area contributed by atoms with Crippen LogP contribution in [0.2, 0.25) is 0 Å². The SMILES string of the molecule is CCC(C)NC(=O)CSc1nnc(C)n1N. The number of amides is 1. The first-order valence-electron chi connectivity index (χ1n) is 5.13. The van der Waals surface area contributed by atoms with Crippen LogP contribution in [0.1, 0.15) is 26.1 Å². The third kappa shape index (κ3) is 3.41. The van der Waals surface area contributed by atoms with Crippen LogP contribution in [-0.4, -0.2) is 32.6 Å². The van der Waals surface area contributed by atoms with E-state index < -0.39 is 0 Å². The lowest BCUT2D eigenvalue weighted by Gasteiger charge is -2.10. The zero-order valence-electron chi connectivity index (χ0n) is 9.73. The fourth-order valence-electron chi connectivity index (χ4n) is 0.997. The molecule has 1 rings (SSSR count). The Bertz CT molecular complexity index is 365. The van der Waals surface area contributed by atoms with Gasteiger partial charge in [0.15, 0.2) is 0 Å². The standard InChI is InChI=1S/C9H17N5OS/c1-4-6(2)11-8(15)5-16-9-13-12-7(3)14(9)10/h6H,4-5,10H2,1-3H3,(H,11,15). The Morgan fingerprint density at radius 3 is 2.81 bits per heavy atom. The number of thioether (sulfide) groups is 1. The topological polar surface area (TPSA) is 85.8 Å². The maximum absolute atomic E-state index is 11.5. The minimum Gasteiger partial charge on any atom is -0.353 e. The predicted molar refractivity (Wildman–Crippen MR) is 63.5 cm³/mol. The molecule has 0 saturated heterocycles. The molecule has 1 atom stereocenters. The van der Waals surface area contributed by atoms with Crippen LogP contribution in [0.15, 0.2) is 5.16 Å². The van der Waals surface area contributed by atoms with Crippen LogP contribution in [-0.2, 0) is 4.79 Å². The molecule has 1 unspecified atom stereocenters. The van der Waals surface area contributed by atoms with E-state index in [-0.39, 0.29) is 11.9 Å². The molecule has 0 fully saturated rings. The third-order valence-electron chi connectivity index (χ3n) is 2.19. The van der Waals surface area contributed by atoms with Gasteiger partial charge in [-0.2, -0.15) is 0 Å². The summed E-state index contributed by atoms with van der Waals surface area (Å²) in [6.45, 7) is 5.76. The Kier molecular flexibility index (Phi) is 4.60. The van der Waals surface area contributed by atoms with Crippen LogP contribution < -0.4 is 11.2 Å². The average molecular weight is 243 g/mol. The Morgan fingerprint density at radius 2 is 2.31 bits per heavy atom. The number of hydrogen-bond donors (Lipinski definition) is 2. The number of nitrogens with two attached hydrogens (primary N) is 1. The van der Waals surface area contributed by atoms with Gasteiger partial charge in [0.25, 0.3) is 0 Å². The van der Waals surface area contributed by atoms with Crippen molar-refractivity contribution in [2.75, 3.05) is 11.6 Å². The molecule has 1 amide bonds. The van der Waals surface area contributed by atoms with Crippen LogP contribution in [0, 0.1) is 6.92 Å². The summed E-state index contributed by atoms with van der Waals surface area (Å²) in [6, 6.07) is 0.200. The molecule has 0 saturated carbocycles. The lowest BCUT2D eigenvalue weighted by atomic mass is 10.3. The number of nitrogen functional groups attached to an aromatic ring is 1. The molecule has 1 aromatic rings. The van der Waals surface area contributed by atoms with Gasteiger partial charge >= 0.3 is 0 Å². The van der Waals surface area contributed by atoms with E-state index in [1.807, 2.05) is 13.8 Å². The van der Waals surface area contributed by atoms with E-state index in [0.29, 0.717) is 16.7 Å². The van der Waals surface area contributed by atoms with E-state index in [1.165, 1.54) is 16.4 Å². The molecule has 0 spiro atoms. The van der Waals surface area contributed by atoms with E-state index in [0.717, 1.165) is 6.42 Å². The maximum atomic E-state index is 11.5. The second-order valence-electron chi connectivity index (χ2n) is 3.57. The molecule has 16 heavy (non-hydrogen) atoms. The fourth-order valence-corrected chi connectivity index (χ4v) is 1.71. The van der Waals surface area contributed by atoms with Crippen molar-refractivity contribution in [3.8, 4) is 0 Å². The molecule has 0 aromatic carbocycles.